The number of carbonyl (C=O) groups is 1. The van der Waals surface area contributed by atoms with Crippen LogP contribution in [0.5, 0.6) is 11.5 Å². The summed E-state index contributed by atoms with van der Waals surface area (Å²) in [5, 5.41) is 13.5. The topological polar surface area (TPSA) is 97.1 Å². The van der Waals surface area contributed by atoms with E-state index in [4.69, 9.17) is 14.5 Å². The molecule has 4 aromatic rings. The van der Waals surface area contributed by atoms with E-state index >= 15 is 0 Å². The molecule has 0 unspecified atom stereocenters. The number of methoxy groups -OCH3 is 2. The molecule has 0 aliphatic rings. The molecule has 1 N–H and O–H groups in total. The molecule has 0 saturated carbocycles. The average Bonchev–Trinajstić information content (AvgIpc) is 2.93. The summed E-state index contributed by atoms with van der Waals surface area (Å²) < 4.78 is 11.0. The lowest BCUT2D eigenvalue weighted by Crippen LogP contribution is -2.12. The van der Waals surface area contributed by atoms with E-state index in [-0.39, 0.29) is 12.3 Å². The molecular weight excluding hydrogens is 472 g/mol. The van der Waals surface area contributed by atoms with E-state index < -0.39 is 0 Å². The van der Waals surface area contributed by atoms with Gasteiger partial charge in [-0.1, -0.05) is 30.3 Å². The molecule has 0 fully saturated rings. The van der Waals surface area contributed by atoms with E-state index in [1.165, 1.54) is 11.8 Å². The van der Waals surface area contributed by atoms with Gasteiger partial charge < -0.3 is 14.8 Å². The molecule has 8 heteroatoms. The lowest BCUT2D eigenvalue weighted by Gasteiger charge is -2.15. The van der Waals surface area contributed by atoms with Gasteiger partial charge in [-0.25, -0.2) is 4.98 Å². The largest absolute Gasteiger partial charge is 0.497 e. The summed E-state index contributed by atoms with van der Waals surface area (Å²) in [5.41, 5.74) is 4.10. The summed E-state index contributed by atoms with van der Waals surface area (Å²) >= 11 is 1.37. The molecule has 0 saturated heterocycles. The summed E-state index contributed by atoms with van der Waals surface area (Å²) in [7, 11) is 3.18. The van der Waals surface area contributed by atoms with Gasteiger partial charge in [-0.05, 0) is 36.4 Å². The minimum Gasteiger partial charge on any atom is -0.497 e. The van der Waals surface area contributed by atoms with Gasteiger partial charge in [-0.2, -0.15) is 5.26 Å². The van der Waals surface area contributed by atoms with Crippen LogP contribution in [0.3, 0.4) is 0 Å². The van der Waals surface area contributed by atoms with Crippen LogP contribution in [0.4, 0.5) is 5.69 Å². The monoisotopic (exact) mass is 496 g/mol. The molecule has 0 aliphatic carbocycles. The Labute approximate surface area is 214 Å². The van der Waals surface area contributed by atoms with Gasteiger partial charge in [0, 0.05) is 35.1 Å². The zero-order chi connectivity index (χ0) is 25.3. The Bertz CT molecular complexity index is 1390. The Kier molecular flexibility index (Phi) is 8.16. The van der Waals surface area contributed by atoms with Gasteiger partial charge >= 0.3 is 0 Å². The van der Waals surface area contributed by atoms with Crippen molar-refractivity contribution in [1.82, 2.24) is 9.97 Å². The maximum absolute atomic E-state index is 12.4. The van der Waals surface area contributed by atoms with Crippen LogP contribution in [0.25, 0.3) is 22.4 Å². The van der Waals surface area contributed by atoms with Crippen LogP contribution < -0.4 is 14.8 Å². The third-order valence-corrected chi connectivity index (χ3v) is 6.35. The summed E-state index contributed by atoms with van der Waals surface area (Å²) in [6, 6.07) is 23.0. The SMILES string of the molecule is COc1ccc(OC)c(-c2cc(-c3ccccc3)nc(SCCC(=O)Nc3cccnc3)c2C#N)c1. The average molecular weight is 497 g/mol. The Balaban J connectivity index is 1.70. The number of nitrogens with one attached hydrogen (secondary N) is 1. The number of benzene rings is 2. The predicted octanol–water partition coefficient (Wildman–Crippen LogP) is 5.82. The summed E-state index contributed by atoms with van der Waals surface area (Å²) in [6.45, 7) is 0. The highest BCUT2D eigenvalue weighted by Crippen LogP contribution is 2.40. The zero-order valence-electron chi connectivity index (χ0n) is 19.9. The van der Waals surface area contributed by atoms with Crippen LogP contribution in [-0.2, 0) is 4.79 Å². The van der Waals surface area contributed by atoms with E-state index in [1.807, 2.05) is 54.6 Å². The van der Waals surface area contributed by atoms with Crippen molar-refractivity contribution in [2.75, 3.05) is 25.3 Å². The molecule has 2 aromatic heterocycles. The predicted molar refractivity (Wildman–Crippen MR) is 141 cm³/mol. The highest BCUT2D eigenvalue weighted by molar-refractivity contribution is 7.99. The minimum atomic E-state index is -0.136. The highest BCUT2D eigenvalue weighted by Gasteiger charge is 2.19. The second kappa shape index (κ2) is 11.9. The molecule has 0 spiro atoms. The van der Waals surface area contributed by atoms with Gasteiger partial charge in [0.1, 0.15) is 22.6 Å². The van der Waals surface area contributed by atoms with Gasteiger partial charge in [0.2, 0.25) is 5.91 Å². The van der Waals surface area contributed by atoms with Crippen molar-refractivity contribution in [3.63, 3.8) is 0 Å². The Hall–Kier alpha value is -4.35. The first-order chi connectivity index (χ1) is 17.6. The van der Waals surface area contributed by atoms with Crippen LogP contribution in [-0.4, -0.2) is 35.8 Å². The molecule has 0 aliphatic heterocycles. The normalized spacial score (nSPS) is 10.4. The van der Waals surface area contributed by atoms with Crippen molar-refractivity contribution in [1.29, 1.82) is 5.26 Å². The number of ether oxygens (including phenoxy) is 2. The molecule has 2 heterocycles. The summed E-state index contributed by atoms with van der Waals surface area (Å²) in [6.07, 6.45) is 3.49. The summed E-state index contributed by atoms with van der Waals surface area (Å²) in [4.78, 5) is 21.2. The lowest BCUT2D eigenvalue weighted by atomic mass is 9.98. The van der Waals surface area contributed by atoms with Crippen molar-refractivity contribution in [3.8, 4) is 40.0 Å². The number of pyridine rings is 2. The zero-order valence-corrected chi connectivity index (χ0v) is 20.7. The fourth-order valence-corrected chi connectivity index (χ4v) is 4.57. The van der Waals surface area contributed by atoms with Gasteiger partial charge in [0.05, 0.1) is 37.4 Å². The third-order valence-electron chi connectivity index (χ3n) is 5.38. The number of amides is 1. The molecule has 0 atom stereocenters. The maximum atomic E-state index is 12.4. The quantitative estimate of drug-likeness (QED) is 0.292. The van der Waals surface area contributed by atoms with Crippen molar-refractivity contribution < 1.29 is 14.3 Å². The van der Waals surface area contributed by atoms with E-state index in [2.05, 4.69) is 16.4 Å². The Morgan fingerprint density at radius 1 is 1.03 bits per heavy atom. The second-order valence-electron chi connectivity index (χ2n) is 7.67. The third kappa shape index (κ3) is 5.82. The molecule has 0 bridgehead atoms. The van der Waals surface area contributed by atoms with Crippen LogP contribution in [0.2, 0.25) is 0 Å². The van der Waals surface area contributed by atoms with Crippen LogP contribution in [0, 0.1) is 11.3 Å². The second-order valence-corrected chi connectivity index (χ2v) is 8.75. The lowest BCUT2D eigenvalue weighted by molar-refractivity contribution is -0.115. The van der Waals surface area contributed by atoms with Gasteiger partial charge in [0.25, 0.3) is 0 Å². The summed E-state index contributed by atoms with van der Waals surface area (Å²) in [5.74, 6) is 1.57. The number of nitriles is 1. The van der Waals surface area contributed by atoms with Gasteiger partial charge in [-0.3, -0.25) is 9.78 Å². The molecule has 4 rings (SSSR count). The molecule has 2 aromatic carbocycles. The number of anilines is 1. The van der Waals surface area contributed by atoms with Crippen molar-refractivity contribution in [3.05, 3.63) is 84.7 Å². The molecule has 1 amide bonds. The number of aromatic nitrogens is 2. The number of hydrogen-bond donors (Lipinski definition) is 1. The van der Waals surface area contributed by atoms with E-state index in [0.29, 0.717) is 39.1 Å². The van der Waals surface area contributed by atoms with Gasteiger partial charge in [0.15, 0.2) is 0 Å². The van der Waals surface area contributed by atoms with Crippen molar-refractivity contribution >= 4 is 23.4 Å². The van der Waals surface area contributed by atoms with Gasteiger partial charge in [-0.15, -0.1) is 11.8 Å². The Morgan fingerprint density at radius 3 is 2.56 bits per heavy atom. The van der Waals surface area contributed by atoms with E-state index in [9.17, 15) is 10.1 Å². The molecule has 180 valence electrons. The number of carbonyl (C=O) groups excluding carboxylic acids is 1. The highest BCUT2D eigenvalue weighted by atomic mass is 32.2. The number of rotatable bonds is 9. The standard InChI is InChI=1S/C28H24N4O3S/c1-34-21-10-11-26(35-2)23(15-21)22-16-25(19-7-4-3-5-8-19)32-28(24(22)17-29)36-14-12-27(33)31-20-9-6-13-30-18-20/h3-11,13,15-16,18H,12,14H2,1-2H3,(H,31,33). The first kappa shape index (κ1) is 24.8. The van der Waals surface area contributed by atoms with Crippen molar-refractivity contribution in [2.24, 2.45) is 0 Å². The fraction of sp³-hybridized carbons (Fsp3) is 0.143. The number of hydrogen-bond acceptors (Lipinski definition) is 7. The smallest absolute Gasteiger partial charge is 0.225 e. The molecule has 36 heavy (non-hydrogen) atoms. The fourth-order valence-electron chi connectivity index (χ4n) is 3.63. The first-order valence-electron chi connectivity index (χ1n) is 11.2. The minimum absolute atomic E-state index is 0.136. The van der Waals surface area contributed by atoms with Crippen LogP contribution in [0.15, 0.2) is 84.1 Å². The van der Waals surface area contributed by atoms with Crippen molar-refractivity contribution in [2.45, 2.75) is 11.4 Å². The van der Waals surface area contributed by atoms with E-state index in [0.717, 1.165) is 16.8 Å². The van der Waals surface area contributed by atoms with Crippen LogP contribution in [0.1, 0.15) is 12.0 Å². The Morgan fingerprint density at radius 2 is 1.86 bits per heavy atom. The first-order valence-corrected chi connectivity index (χ1v) is 12.2. The molecule has 0 radical (unpaired) electrons. The molecule has 7 nitrogen and oxygen atoms in total. The number of nitrogens with zero attached hydrogens (tertiary/aromatic N) is 3. The van der Waals surface area contributed by atoms with Crippen LogP contribution >= 0.6 is 11.8 Å². The molecular formula is C28H24N4O3S. The maximum Gasteiger partial charge on any atom is 0.225 e. The number of thioether (sulfide) groups is 1. The van der Waals surface area contributed by atoms with E-state index in [1.54, 1.807) is 38.7 Å².